The Bertz CT molecular complexity index is 382. The number of hydrogen-bond acceptors (Lipinski definition) is 6. The van der Waals surface area contributed by atoms with Gasteiger partial charge in [-0.05, 0) is 0 Å². The molecule has 7 heteroatoms. The van der Waals surface area contributed by atoms with Crippen LogP contribution in [0.3, 0.4) is 0 Å². The molecule has 2 rings (SSSR count). The van der Waals surface area contributed by atoms with Gasteiger partial charge in [0.2, 0.25) is 0 Å². The Morgan fingerprint density at radius 2 is 2.39 bits per heavy atom. The lowest BCUT2D eigenvalue weighted by Crippen LogP contribution is -2.48. The van der Waals surface area contributed by atoms with Crippen LogP contribution in [-0.4, -0.2) is 56.1 Å². The monoisotopic (exact) mass is 256 g/mol. The van der Waals surface area contributed by atoms with Gasteiger partial charge in [0.05, 0.1) is 44.2 Å². The molecule has 1 aromatic heterocycles. The quantitative estimate of drug-likeness (QED) is 0.619. The van der Waals surface area contributed by atoms with Crippen molar-refractivity contribution in [1.82, 2.24) is 20.3 Å². The highest BCUT2D eigenvalue weighted by atomic mass is 16.5. The number of aromatic nitrogens is 3. The maximum absolute atomic E-state index is 9.86. The average Bonchev–Trinajstić information content (AvgIpc) is 2.90. The third-order valence-corrected chi connectivity index (χ3v) is 2.94. The Kier molecular flexibility index (Phi) is 4.28. The molecule has 1 fully saturated rings. The van der Waals surface area contributed by atoms with Crippen LogP contribution in [0.25, 0.3) is 0 Å². The summed E-state index contributed by atoms with van der Waals surface area (Å²) in [5.74, 6) is 0. The van der Waals surface area contributed by atoms with Gasteiger partial charge in [0.15, 0.2) is 0 Å². The van der Waals surface area contributed by atoms with E-state index in [-0.39, 0.29) is 24.8 Å². The summed E-state index contributed by atoms with van der Waals surface area (Å²) < 4.78 is 7.19. The molecule has 102 valence electrons. The highest BCUT2D eigenvalue weighted by Crippen LogP contribution is 2.16. The van der Waals surface area contributed by atoms with Crippen molar-refractivity contribution in [2.24, 2.45) is 0 Å². The Morgan fingerprint density at radius 3 is 3.00 bits per heavy atom. The van der Waals surface area contributed by atoms with Crippen molar-refractivity contribution >= 4 is 0 Å². The summed E-state index contributed by atoms with van der Waals surface area (Å²) in [6.45, 7) is 4.77. The molecule has 0 unspecified atom stereocenters. The van der Waals surface area contributed by atoms with E-state index in [1.807, 2.05) is 13.8 Å². The highest BCUT2D eigenvalue weighted by molar-refractivity contribution is 4.93. The predicted molar refractivity (Wildman–Crippen MR) is 63.8 cm³/mol. The van der Waals surface area contributed by atoms with Crippen molar-refractivity contribution in [3.8, 4) is 0 Å². The molecule has 0 aromatic carbocycles. The molecule has 1 aliphatic rings. The fraction of sp³-hybridized carbons (Fsp3) is 0.818. The normalized spacial score (nSPS) is 28.2. The fourth-order valence-electron chi connectivity index (χ4n) is 2.13. The summed E-state index contributed by atoms with van der Waals surface area (Å²) >= 11 is 0. The molecule has 0 spiro atoms. The molecule has 1 aliphatic heterocycles. The minimum absolute atomic E-state index is 0.105. The van der Waals surface area contributed by atoms with Crippen molar-refractivity contribution in [3.05, 3.63) is 11.9 Å². The Morgan fingerprint density at radius 1 is 1.61 bits per heavy atom. The van der Waals surface area contributed by atoms with E-state index in [0.717, 1.165) is 0 Å². The summed E-state index contributed by atoms with van der Waals surface area (Å²) in [5.41, 5.74) is 0.530. The molecule has 1 aromatic rings. The van der Waals surface area contributed by atoms with E-state index >= 15 is 0 Å². The van der Waals surface area contributed by atoms with Gasteiger partial charge in [0.25, 0.3) is 0 Å². The third kappa shape index (κ3) is 3.05. The van der Waals surface area contributed by atoms with Crippen LogP contribution < -0.4 is 5.32 Å². The number of ether oxygens (including phenoxy) is 1. The van der Waals surface area contributed by atoms with Crippen molar-refractivity contribution in [3.63, 3.8) is 0 Å². The van der Waals surface area contributed by atoms with E-state index < -0.39 is 6.10 Å². The van der Waals surface area contributed by atoms with Crippen molar-refractivity contribution < 1.29 is 14.9 Å². The first kappa shape index (κ1) is 13.4. The highest BCUT2D eigenvalue weighted by Gasteiger charge is 2.36. The summed E-state index contributed by atoms with van der Waals surface area (Å²) in [4.78, 5) is 0. The maximum Gasteiger partial charge on any atom is 0.108 e. The summed E-state index contributed by atoms with van der Waals surface area (Å²) in [6.07, 6.45) is 1.04. The largest absolute Gasteiger partial charge is 0.390 e. The van der Waals surface area contributed by atoms with Gasteiger partial charge < -0.3 is 20.3 Å². The number of nitrogens with zero attached hydrogens (tertiary/aromatic N) is 3. The predicted octanol–water partition coefficient (Wildman–Crippen LogP) is -1.10. The lowest BCUT2D eigenvalue weighted by molar-refractivity contribution is 0.0737. The zero-order valence-corrected chi connectivity index (χ0v) is 10.7. The number of hydrogen-bond donors (Lipinski definition) is 3. The van der Waals surface area contributed by atoms with Crippen LogP contribution in [0.2, 0.25) is 0 Å². The van der Waals surface area contributed by atoms with Gasteiger partial charge in [-0.25, -0.2) is 4.68 Å². The Labute approximate surface area is 106 Å². The molecule has 3 atom stereocenters. The molecule has 7 nitrogen and oxygen atoms in total. The Balaban J connectivity index is 1.98. The molecule has 0 radical (unpaired) electrons. The van der Waals surface area contributed by atoms with E-state index in [1.165, 1.54) is 0 Å². The lowest BCUT2D eigenvalue weighted by atomic mass is 10.1. The molecular weight excluding hydrogens is 236 g/mol. The van der Waals surface area contributed by atoms with Gasteiger partial charge in [-0.2, -0.15) is 0 Å². The molecule has 1 saturated heterocycles. The van der Waals surface area contributed by atoms with Crippen LogP contribution >= 0.6 is 0 Å². The van der Waals surface area contributed by atoms with E-state index in [9.17, 15) is 5.11 Å². The second-order valence-corrected chi connectivity index (χ2v) is 4.88. The topological polar surface area (TPSA) is 92.4 Å². The second kappa shape index (κ2) is 5.75. The molecule has 0 saturated carbocycles. The molecule has 18 heavy (non-hydrogen) atoms. The van der Waals surface area contributed by atoms with Crippen molar-refractivity contribution in [2.45, 2.75) is 51.3 Å². The van der Waals surface area contributed by atoms with Crippen LogP contribution in [0.4, 0.5) is 0 Å². The lowest BCUT2D eigenvalue weighted by Gasteiger charge is -2.23. The van der Waals surface area contributed by atoms with E-state index in [1.54, 1.807) is 10.9 Å². The number of aliphatic hydroxyl groups excluding tert-OH is 2. The minimum atomic E-state index is -0.502. The molecule has 0 bridgehead atoms. The zero-order valence-electron chi connectivity index (χ0n) is 10.7. The molecule has 2 heterocycles. The van der Waals surface area contributed by atoms with Crippen LogP contribution in [0.1, 0.15) is 19.5 Å². The third-order valence-electron chi connectivity index (χ3n) is 2.94. The molecular formula is C11H20N4O3. The minimum Gasteiger partial charge on any atom is -0.390 e. The SMILES string of the molecule is CC(C)N[C@@H]1[C@@H](O)CO[C@@H]1Cn1cc(CO)nn1. The smallest absolute Gasteiger partial charge is 0.108 e. The first-order chi connectivity index (χ1) is 8.60. The van der Waals surface area contributed by atoms with Crippen LogP contribution in [0.5, 0.6) is 0 Å². The second-order valence-electron chi connectivity index (χ2n) is 4.88. The van der Waals surface area contributed by atoms with Crippen molar-refractivity contribution in [1.29, 1.82) is 0 Å². The molecule has 3 N–H and O–H groups in total. The van der Waals surface area contributed by atoms with E-state index in [4.69, 9.17) is 9.84 Å². The van der Waals surface area contributed by atoms with Gasteiger partial charge in [0.1, 0.15) is 5.69 Å². The fourth-order valence-corrected chi connectivity index (χ4v) is 2.13. The Hall–Kier alpha value is -1.02. The van der Waals surface area contributed by atoms with Crippen LogP contribution in [-0.2, 0) is 17.9 Å². The maximum atomic E-state index is 9.86. The average molecular weight is 256 g/mol. The van der Waals surface area contributed by atoms with Crippen LogP contribution in [0.15, 0.2) is 6.20 Å². The van der Waals surface area contributed by atoms with Crippen LogP contribution in [0, 0.1) is 0 Å². The molecule has 0 aliphatic carbocycles. The van der Waals surface area contributed by atoms with E-state index in [0.29, 0.717) is 18.8 Å². The van der Waals surface area contributed by atoms with Gasteiger partial charge in [-0.1, -0.05) is 19.1 Å². The van der Waals surface area contributed by atoms with Gasteiger partial charge in [-0.3, -0.25) is 0 Å². The van der Waals surface area contributed by atoms with Gasteiger partial charge in [0, 0.05) is 6.04 Å². The first-order valence-corrected chi connectivity index (χ1v) is 6.15. The first-order valence-electron chi connectivity index (χ1n) is 6.15. The number of rotatable bonds is 5. The summed E-state index contributed by atoms with van der Waals surface area (Å²) in [7, 11) is 0. The summed E-state index contributed by atoms with van der Waals surface area (Å²) in [5, 5.41) is 29.8. The van der Waals surface area contributed by atoms with Crippen molar-refractivity contribution in [2.75, 3.05) is 6.61 Å². The van der Waals surface area contributed by atoms with Gasteiger partial charge in [-0.15, -0.1) is 5.10 Å². The summed E-state index contributed by atoms with van der Waals surface area (Å²) in [6, 6.07) is 0.171. The van der Waals surface area contributed by atoms with E-state index in [2.05, 4.69) is 15.6 Å². The number of nitrogens with one attached hydrogen (secondary N) is 1. The zero-order chi connectivity index (χ0) is 13.1. The molecule has 0 amide bonds. The number of aliphatic hydroxyl groups is 2. The van der Waals surface area contributed by atoms with Gasteiger partial charge >= 0.3 is 0 Å². The standard InChI is InChI=1S/C11H20N4O3/c1-7(2)12-11-9(17)6-18-10(11)4-15-3-8(5-16)13-14-15/h3,7,9-12,16-17H,4-6H2,1-2H3/t9-,10+,11+/m0/s1.